The van der Waals surface area contributed by atoms with Crippen LogP contribution in [0.15, 0.2) is 0 Å². The van der Waals surface area contributed by atoms with Crippen molar-refractivity contribution < 1.29 is 24.5 Å². The zero-order valence-corrected chi connectivity index (χ0v) is 10.1. The minimum atomic E-state index is -1.45. The van der Waals surface area contributed by atoms with Gasteiger partial charge in [0.15, 0.2) is 0 Å². The number of aliphatic hydroxyl groups excluding tert-OH is 2. The molecule has 2 fully saturated rings. The van der Waals surface area contributed by atoms with Crippen molar-refractivity contribution in [1.29, 1.82) is 0 Å². The summed E-state index contributed by atoms with van der Waals surface area (Å²) in [6.45, 7) is 4.39. The first-order valence-corrected chi connectivity index (χ1v) is 5.90. The average Bonchev–Trinajstić information content (AvgIpc) is 3.01. The summed E-state index contributed by atoms with van der Waals surface area (Å²) >= 11 is 0. The summed E-state index contributed by atoms with van der Waals surface area (Å²) in [5, 5.41) is 19.2. The van der Waals surface area contributed by atoms with E-state index in [2.05, 4.69) is 0 Å². The van der Waals surface area contributed by atoms with Crippen molar-refractivity contribution in [2.45, 2.75) is 44.8 Å². The summed E-state index contributed by atoms with van der Waals surface area (Å²) in [7, 11) is 0. The fourth-order valence-corrected chi connectivity index (χ4v) is 1.95. The van der Waals surface area contributed by atoms with Gasteiger partial charge in [0.25, 0.3) is 0 Å². The van der Waals surface area contributed by atoms with Crippen LogP contribution < -0.4 is 0 Å². The van der Waals surface area contributed by atoms with Crippen LogP contribution >= 0.6 is 0 Å². The predicted molar refractivity (Wildman–Crippen MR) is 58.0 cm³/mol. The first-order valence-electron chi connectivity index (χ1n) is 5.90. The van der Waals surface area contributed by atoms with Crippen molar-refractivity contribution >= 4 is 6.09 Å². The van der Waals surface area contributed by atoms with Crippen molar-refractivity contribution in [2.24, 2.45) is 5.92 Å². The smallest absolute Gasteiger partial charge is 0.414 e. The molecule has 1 heterocycles. The molecule has 0 aromatic heterocycles. The molecule has 2 rings (SSSR count). The van der Waals surface area contributed by atoms with Crippen molar-refractivity contribution in [3.05, 3.63) is 0 Å². The number of ether oxygens (including phenoxy) is 2. The molecule has 0 bridgehead atoms. The Balaban J connectivity index is 1.87. The molecule has 6 nitrogen and oxygen atoms in total. The molecule has 6 heteroatoms. The molecule has 1 amide bonds. The number of carbonyl (C=O) groups is 1. The van der Waals surface area contributed by atoms with Crippen LogP contribution in [0.4, 0.5) is 4.79 Å². The molecule has 0 aromatic carbocycles. The quantitative estimate of drug-likeness (QED) is 0.698. The Morgan fingerprint density at radius 3 is 2.59 bits per heavy atom. The molecular formula is C11H19NO5. The maximum atomic E-state index is 11.8. The van der Waals surface area contributed by atoms with E-state index in [4.69, 9.17) is 9.47 Å². The van der Waals surface area contributed by atoms with Crippen LogP contribution in [0.5, 0.6) is 0 Å². The Morgan fingerprint density at radius 1 is 1.47 bits per heavy atom. The third-order valence-electron chi connectivity index (χ3n) is 3.26. The van der Waals surface area contributed by atoms with Gasteiger partial charge >= 0.3 is 6.09 Å². The van der Waals surface area contributed by atoms with Gasteiger partial charge in [0.1, 0.15) is 11.8 Å². The van der Waals surface area contributed by atoms with E-state index in [9.17, 15) is 15.0 Å². The van der Waals surface area contributed by atoms with Crippen LogP contribution in [0.1, 0.15) is 26.7 Å². The van der Waals surface area contributed by atoms with E-state index in [1.54, 1.807) is 13.8 Å². The zero-order chi connectivity index (χ0) is 12.6. The lowest BCUT2D eigenvalue weighted by Crippen LogP contribution is -2.46. The molecule has 0 aromatic rings. The minimum absolute atomic E-state index is 0.0561. The molecule has 2 aliphatic rings. The Hall–Kier alpha value is -0.850. The number of aliphatic hydroxyl groups is 2. The largest absolute Gasteiger partial charge is 0.417 e. The van der Waals surface area contributed by atoms with Crippen LogP contribution in [0.3, 0.4) is 0 Å². The minimum Gasteiger partial charge on any atom is -0.417 e. The maximum absolute atomic E-state index is 11.8. The van der Waals surface area contributed by atoms with Gasteiger partial charge in [0.2, 0.25) is 6.29 Å². The van der Waals surface area contributed by atoms with Crippen LogP contribution in [0, 0.1) is 5.92 Å². The Labute approximate surface area is 100 Å². The highest BCUT2D eigenvalue weighted by Gasteiger charge is 2.41. The average molecular weight is 245 g/mol. The lowest BCUT2D eigenvalue weighted by molar-refractivity contribution is -0.146. The topological polar surface area (TPSA) is 79.2 Å². The van der Waals surface area contributed by atoms with Crippen LogP contribution in [0.25, 0.3) is 0 Å². The van der Waals surface area contributed by atoms with Gasteiger partial charge in [-0.05, 0) is 32.6 Å². The van der Waals surface area contributed by atoms with Crippen molar-refractivity contribution in [3.63, 3.8) is 0 Å². The summed E-state index contributed by atoms with van der Waals surface area (Å²) in [4.78, 5) is 13.2. The Morgan fingerprint density at radius 2 is 2.12 bits per heavy atom. The van der Waals surface area contributed by atoms with Gasteiger partial charge in [-0.3, -0.25) is 4.90 Å². The number of amides is 1. The second-order valence-electron chi connectivity index (χ2n) is 5.05. The van der Waals surface area contributed by atoms with E-state index < -0.39 is 24.2 Å². The van der Waals surface area contributed by atoms with Gasteiger partial charge < -0.3 is 19.7 Å². The van der Waals surface area contributed by atoms with Gasteiger partial charge in [-0.15, -0.1) is 0 Å². The summed E-state index contributed by atoms with van der Waals surface area (Å²) < 4.78 is 10.2. The number of nitrogens with zero attached hydrogens (tertiary/aromatic N) is 1. The number of carbonyl (C=O) groups excluding carboxylic acids is 1. The molecule has 1 aliphatic carbocycles. The summed E-state index contributed by atoms with van der Waals surface area (Å²) in [5.74, 6) is 0.0561. The first kappa shape index (κ1) is 12.6. The lowest BCUT2D eigenvalue weighted by atomic mass is 10.2. The van der Waals surface area contributed by atoms with Crippen molar-refractivity contribution in [3.8, 4) is 0 Å². The van der Waals surface area contributed by atoms with E-state index in [0.717, 1.165) is 12.8 Å². The highest BCUT2D eigenvalue weighted by atomic mass is 16.7. The zero-order valence-electron chi connectivity index (χ0n) is 10.1. The fraction of sp³-hybridized carbons (Fsp3) is 0.909. The number of hydrogen-bond acceptors (Lipinski definition) is 5. The highest BCUT2D eigenvalue weighted by Crippen LogP contribution is 2.34. The third kappa shape index (κ3) is 2.70. The second kappa shape index (κ2) is 4.44. The first-order chi connectivity index (χ1) is 7.92. The van der Waals surface area contributed by atoms with Gasteiger partial charge in [-0.1, -0.05) is 0 Å². The molecule has 17 heavy (non-hydrogen) atoms. The summed E-state index contributed by atoms with van der Waals surface area (Å²) in [6, 6.07) is 0. The molecule has 0 spiro atoms. The van der Waals surface area contributed by atoms with E-state index in [1.807, 2.05) is 0 Å². The Kier molecular flexibility index (Phi) is 3.29. The van der Waals surface area contributed by atoms with E-state index in [1.165, 1.54) is 4.90 Å². The highest BCUT2D eigenvalue weighted by molar-refractivity contribution is 5.68. The van der Waals surface area contributed by atoms with Gasteiger partial charge in [0, 0.05) is 0 Å². The molecule has 98 valence electrons. The normalized spacial score (nSPS) is 26.7. The van der Waals surface area contributed by atoms with Crippen LogP contribution in [0.2, 0.25) is 0 Å². The van der Waals surface area contributed by atoms with E-state index in [-0.39, 0.29) is 5.92 Å². The van der Waals surface area contributed by atoms with Crippen molar-refractivity contribution in [1.82, 2.24) is 4.90 Å². The SMILES string of the molecule is CC1(C)OCCN1C(=O)O[C@H](O)C(O)C1CC1. The van der Waals surface area contributed by atoms with E-state index >= 15 is 0 Å². The fourth-order valence-electron chi connectivity index (χ4n) is 1.95. The van der Waals surface area contributed by atoms with Gasteiger partial charge in [0.05, 0.1) is 13.2 Å². The predicted octanol–water partition coefficient (Wildman–Crippen LogP) is 0.281. The van der Waals surface area contributed by atoms with Gasteiger partial charge in [-0.2, -0.15) is 0 Å². The second-order valence-corrected chi connectivity index (χ2v) is 5.05. The molecule has 1 unspecified atom stereocenters. The van der Waals surface area contributed by atoms with E-state index in [0.29, 0.717) is 13.2 Å². The monoisotopic (exact) mass is 245 g/mol. The molecule has 1 saturated carbocycles. The standard InChI is InChI=1S/C11H19NO5/c1-11(2)12(5-6-16-11)10(15)17-9(14)8(13)7-3-4-7/h7-9,13-14H,3-6H2,1-2H3/t8?,9-/m0/s1. The molecule has 0 radical (unpaired) electrons. The van der Waals surface area contributed by atoms with Crippen molar-refractivity contribution in [2.75, 3.05) is 13.2 Å². The summed E-state index contributed by atoms with van der Waals surface area (Å²) in [6.07, 6.45) is -1.35. The van der Waals surface area contributed by atoms with Crippen LogP contribution in [-0.2, 0) is 9.47 Å². The lowest BCUT2D eigenvalue weighted by Gasteiger charge is -2.30. The molecule has 2 atom stereocenters. The maximum Gasteiger partial charge on any atom is 0.414 e. The molecule has 1 aliphatic heterocycles. The summed E-state index contributed by atoms with van der Waals surface area (Å²) in [5.41, 5.74) is -0.721. The van der Waals surface area contributed by atoms with Gasteiger partial charge in [-0.25, -0.2) is 4.79 Å². The molecule has 2 N–H and O–H groups in total. The molecular weight excluding hydrogens is 226 g/mol. The Bertz CT molecular complexity index is 302. The number of rotatable bonds is 3. The molecule has 1 saturated heterocycles. The third-order valence-corrected chi connectivity index (χ3v) is 3.26. The van der Waals surface area contributed by atoms with Crippen LogP contribution in [-0.4, -0.2) is 52.5 Å². The number of hydrogen-bond donors (Lipinski definition) is 2.